The Hall–Kier alpha value is -1.29. The monoisotopic (exact) mass is 312 g/mol. The van der Waals surface area contributed by atoms with Gasteiger partial charge in [-0.1, -0.05) is 0 Å². The van der Waals surface area contributed by atoms with Crippen molar-refractivity contribution in [3.63, 3.8) is 0 Å². The van der Waals surface area contributed by atoms with Gasteiger partial charge in [-0.3, -0.25) is 4.68 Å². The molecule has 0 spiro atoms. The summed E-state index contributed by atoms with van der Waals surface area (Å²) in [7, 11) is -2.05. The number of carbonyl (C=O) groups is 1. The lowest BCUT2D eigenvalue weighted by molar-refractivity contribution is 0.169. The molecule has 1 aromatic heterocycles. The Morgan fingerprint density at radius 3 is 2.62 bits per heavy atom. The maximum atomic E-state index is 12.0. The molecule has 1 fully saturated rings. The number of likely N-dealkylation sites (tertiary alicyclic amines) is 1. The minimum Gasteiger partial charge on any atom is -0.338 e. The molecular weight excluding hydrogens is 287 g/mol. The average Bonchev–Trinajstić information content (AvgIpc) is 2.84. The summed E-state index contributed by atoms with van der Waals surface area (Å²) in [4.78, 5) is 13.9. The molecule has 2 amide bonds. The fourth-order valence-corrected chi connectivity index (χ4v) is 3.16. The molecule has 2 rings (SSSR count). The Labute approximate surface area is 126 Å². The summed E-state index contributed by atoms with van der Waals surface area (Å²) in [5, 5.41) is 7.21. The van der Waals surface area contributed by atoms with Crippen LogP contribution in [0.15, 0.2) is 12.4 Å². The van der Waals surface area contributed by atoms with Gasteiger partial charge >= 0.3 is 6.03 Å². The molecule has 0 unspecified atom stereocenters. The van der Waals surface area contributed by atoms with Gasteiger partial charge < -0.3 is 14.8 Å². The molecule has 1 aromatic rings. The topological polar surface area (TPSA) is 67.2 Å². The number of piperidine rings is 1. The lowest BCUT2D eigenvalue weighted by atomic mass is 10.1. The maximum absolute atomic E-state index is 12.0. The second kappa shape index (κ2) is 6.65. The van der Waals surface area contributed by atoms with Crippen LogP contribution < -0.4 is 5.32 Å². The number of nitrogens with one attached hydrogen (secondary N) is 1. The van der Waals surface area contributed by atoms with Gasteiger partial charge in [0.25, 0.3) is 0 Å². The van der Waals surface area contributed by atoms with Crippen LogP contribution in [-0.4, -0.2) is 59.8 Å². The van der Waals surface area contributed by atoms with Gasteiger partial charge in [-0.25, -0.2) is 4.79 Å². The van der Waals surface area contributed by atoms with E-state index in [0.29, 0.717) is 18.7 Å². The highest BCUT2D eigenvalue weighted by Gasteiger charge is 2.24. The molecule has 1 N–H and O–H groups in total. The van der Waals surface area contributed by atoms with E-state index in [2.05, 4.69) is 16.6 Å². The lowest BCUT2D eigenvalue weighted by Crippen LogP contribution is -2.45. The van der Waals surface area contributed by atoms with Crippen molar-refractivity contribution in [2.75, 3.05) is 39.1 Å². The van der Waals surface area contributed by atoms with Crippen LogP contribution in [0.25, 0.3) is 0 Å². The minimum atomic E-state index is -2.05. The molecule has 0 radical (unpaired) electrons. The van der Waals surface area contributed by atoms with E-state index >= 15 is 0 Å². The molecule has 7 heteroatoms. The molecule has 0 saturated carbocycles. The summed E-state index contributed by atoms with van der Waals surface area (Å²) in [5.74, 6) is 0. The Kier molecular flexibility index (Phi) is 5.09. The van der Waals surface area contributed by atoms with Crippen molar-refractivity contribution in [1.82, 2.24) is 20.0 Å². The van der Waals surface area contributed by atoms with Crippen LogP contribution in [0.4, 0.5) is 4.79 Å². The van der Waals surface area contributed by atoms with Crippen LogP contribution in [0.1, 0.15) is 24.4 Å². The van der Waals surface area contributed by atoms with Crippen LogP contribution in [0.2, 0.25) is 0 Å². The zero-order valence-corrected chi connectivity index (χ0v) is 14.0. The number of aromatic nitrogens is 2. The number of carbonyl (C=O) groups excluding carboxylic acids is 1. The molecule has 0 aromatic carbocycles. The molecule has 1 saturated heterocycles. The molecular formula is C14H25N4O2P. The zero-order valence-electron chi connectivity index (χ0n) is 13.1. The van der Waals surface area contributed by atoms with Crippen LogP contribution in [0.3, 0.4) is 0 Å². The molecule has 21 heavy (non-hydrogen) atoms. The first-order chi connectivity index (χ1) is 9.85. The Bertz CT molecular complexity index is 529. The van der Waals surface area contributed by atoms with Crippen LogP contribution in [0.5, 0.6) is 0 Å². The molecule has 0 atom stereocenters. The third kappa shape index (κ3) is 4.88. The van der Waals surface area contributed by atoms with Gasteiger partial charge in [0, 0.05) is 32.0 Å². The van der Waals surface area contributed by atoms with Crippen molar-refractivity contribution >= 4 is 13.2 Å². The SMILES string of the molecule is Cc1cnn(C2CCN(C(=O)NCCP(C)(C)=O)CC2)c1. The second-order valence-corrected chi connectivity index (χ2v) is 9.84. The molecule has 118 valence electrons. The van der Waals surface area contributed by atoms with Gasteiger partial charge in [0.05, 0.1) is 19.4 Å². The van der Waals surface area contributed by atoms with Crippen LogP contribution in [-0.2, 0) is 4.57 Å². The van der Waals surface area contributed by atoms with E-state index < -0.39 is 7.14 Å². The Morgan fingerprint density at radius 2 is 2.10 bits per heavy atom. The van der Waals surface area contributed by atoms with Gasteiger partial charge in [-0.15, -0.1) is 0 Å². The molecule has 6 nitrogen and oxygen atoms in total. The first-order valence-corrected chi connectivity index (χ1v) is 10.2. The third-order valence-corrected chi connectivity index (χ3v) is 5.08. The highest BCUT2D eigenvalue weighted by Crippen LogP contribution is 2.34. The van der Waals surface area contributed by atoms with Gasteiger partial charge in [0.1, 0.15) is 0 Å². The van der Waals surface area contributed by atoms with E-state index in [0.717, 1.165) is 25.9 Å². The first-order valence-electron chi connectivity index (χ1n) is 7.43. The molecule has 0 bridgehead atoms. The number of rotatable bonds is 4. The summed E-state index contributed by atoms with van der Waals surface area (Å²) in [5.41, 5.74) is 1.17. The van der Waals surface area contributed by atoms with E-state index in [4.69, 9.17) is 0 Å². The van der Waals surface area contributed by atoms with E-state index in [-0.39, 0.29) is 6.03 Å². The van der Waals surface area contributed by atoms with E-state index in [1.54, 1.807) is 13.3 Å². The van der Waals surface area contributed by atoms with Crippen molar-refractivity contribution in [2.24, 2.45) is 0 Å². The summed E-state index contributed by atoms with van der Waals surface area (Å²) in [6.45, 7) is 7.50. The van der Waals surface area contributed by atoms with Crippen LogP contribution >= 0.6 is 7.14 Å². The predicted molar refractivity (Wildman–Crippen MR) is 84.5 cm³/mol. The number of hydrogen-bond acceptors (Lipinski definition) is 3. The Morgan fingerprint density at radius 1 is 1.43 bits per heavy atom. The number of urea groups is 1. The molecule has 1 aliphatic heterocycles. The normalized spacial score (nSPS) is 17.0. The van der Waals surface area contributed by atoms with E-state index in [1.165, 1.54) is 5.56 Å². The summed E-state index contributed by atoms with van der Waals surface area (Å²) >= 11 is 0. The van der Waals surface area contributed by atoms with E-state index in [1.807, 2.05) is 22.7 Å². The number of nitrogens with zero attached hydrogens (tertiary/aromatic N) is 3. The summed E-state index contributed by atoms with van der Waals surface area (Å²) in [6.07, 6.45) is 6.33. The predicted octanol–water partition coefficient (Wildman–Crippen LogP) is 2.16. The molecule has 0 aliphatic carbocycles. The highest BCUT2D eigenvalue weighted by atomic mass is 31.2. The lowest BCUT2D eigenvalue weighted by Gasteiger charge is -2.32. The van der Waals surface area contributed by atoms with Gasteiger partial charge in [-0.05, 0) is 38.7 Å². The second-order valence-electron chi connectivity index (χ2n) is 6.25. The van der Waals surface area contributed by atoms with Crippen molar-refractivity contribution < 1.29 is 9.36 Å². The summed E-state index contributed by atoms with van der Waals surface area (Å²) in [6, 6.07) is 0.341. The number of hydrogen-bond donors (Lipinski definition) is 1. The Balaban J connectivity index is 1.75. The average molecular weight is 312 g/mol. The van der Waals surface area contributed by atoms with Crippen molar-refractivity contribution in [3.05, 3.63) is 18.0 Å². The smallest absolute Gasteiger partial charge is 0.317 e. The highest BCUT2D eigenvalue weighted by molar-refractivity contribution is 7.62. The number of aryl methyl sites for hydroxylation is 1. The fraction of sp³-hybridized carbons (Fsp3) is 0.714. The third-order valence-electron chi connectivity index (χ3n) is 3.78. The van der Waals surface area contributed by atoms with Gasteiger partial charge in [0.15, 0.2) is 0 Å². The largest absolute Gasteiger partial charge is 0.338 e. The standard InChI is InChI=1S/C14H25N4O2P/c1-12-10-16-18(11-12)13-4-7-17(8-5-13)14(19)15-6-9-21(2,3)20/h10-11,13H,4-9H2,1-3H3,(H,15,19). The molecule has 2 heterocycles. The molecule has 1 aliphatic rings. The van der Waals surface area contributed by atoms with Crippen molar-refractivity contribution in [3.8, 4) is 0 Å². The fourth-order valence-electron chi connectivity index (χ4n) is 2.51. The van der Waals surface area contributed by atoms with Crippen molar-refractivity contribution in [2.45, 2.75) is 25.8 Å². The maximum Gasteiger partial charge on any atom is 0.317 e. The minimum absolute atomic E-state index is 0.0430. The van der Waals surface area contributed by atoms with E-state index in [9.17, 15) is 9.36 Å². The quantitative estimate of drug-likeness (QED) is 0.866. The van der Waals surface area contributed by atoms with Gasteiger partial charge in [-0.2, -0.15) is 5.10 Å². The first kappa shape index (κ1) is 16.1. The number of amides is 2. The van der Waals surface area contributed by atoms with Crippen LogP contribution in [0, 0.1) is 6.92 Å². The van der Waals surface area contributed by atoms with Crippen molar-refractivity contribution in [1.29, 1.82) is 0 Å². The summed E-state index contributed by atoms with van der Waals surface area (Å²) < 4.78 is 13.6. The van der Waals surface area contributed by atoms with Gasteiger partial charge in [0.2, 0.25) is 0 Å². The zero-order chi connectivity index (χ0) is 15.5.